The van der Waals surface area contributed by atoms with Gasteiger partial charge in [0.15, 0.2) is 0 Å². The summed E-state index contributed by atoms with van der Waals surface area (Å²) in [7, 11) is 1.73. The molecule has 2 fully saturated rings. The van der Waals surface area contributed by atoms with Gasteiger partial charge in [-0.3, -0.25) is 9.59 Å². The molecule has 1 N–H and O–H groups in total. The number of hydrogen-bond acceptors (Lipinski definition) is 2. The zero-order valence-corrected chi connectivity index (χ0v) is 11.6. The molecule has 0 radical (unpaired) electrons. The minimum absolute atomic E-state index is 0.0399. The Morgan fingerprint density at radius 1 is 1.20 bits per heavy atom. The van der Waals surface area contributed by atoms with Gasteiger partial charge < -0.3 is 10.0 Å². The molecule has 1 aromatic rings. The summed E-state index contributed by atoms with van der Waals surface area (Å²) in [6.45, 7) is 0. The first kappa shape index (κ1) is 13.2. The van der Waals surface area contributed by atoms with Crippen molar-refractivity contribution in [3.8, 4) is 0 Å². The fourth-order valence-corrected chi connectivity index (χ4v) is 3.27. The highest BCUT2D eigenvalue weighted by Crippen LogP contribution is 2.46. The van der Waals surface area contributed by atoms with E-state index in [1.54, 1.807) is 11.9 Å². The lowest BCUT2D eigenvalue weighted by Gasteiger charge is -2.38. The van der Waals surface area contributed by atoms with E-state index in [1.165, 1.54) is 18.4 Å². The van der Waals surface area contributed by atoms with Crippen LogP contribution >= 0.6 is 0 Å². The minimum atomic E-state index is -0.806. The van der Waals surface area contributed by atoms with Gasteiger partial charge in [-0.05, 0) is 36.3 Å². The number of carbonyl (C=O) groups is 2. The van der Waals surface area contributed by atoms with Crippen molar-refractivity contribution < 1.29 is 14.7 Å². The minimum Gasteiger partial charge on any atom is -0.481 e. The summed E-state index contributed by atoms with van der Waals surface area (Å²) in [6, 6.07) is 7.68. The van der Waals surface area contributed by atoms with Crippen LogP contribution in [0.25, 0.3) is 0 Å². The van der Waals surface area contributed by atoms with Crippen LogP contribution in [0.15, 0.2) is 24.3 Å². The van der Waals surface area contributed by atoms with Crippen molar-refractivity contribution in [2.75, 3.05) is 7.05 Å². The fourth-order valence-electron chi connectivity index (χ4n) is 3.27. The topological polar surface area (TPSA) is 57.6 Å². The number of rotatable bonds is 3. The summed E-state index contributed by atoms with van der Waals surface area (Å²) >= 11 is 0. The quantitative estimate of drug-likeness (QED) is 0.920. The molecule has 1 aromatic carbocycles. The number of likely N-dealkylation sites (tertiary alicyclic amines) is 1. The van der Waals surface area contributed by atoms with E-state index < -0.39 is 11.9 Å². The normalized spacial score (nSPS) is 26.6. The summed E-state index contributed by atoms with van der Waals surface area (Å²) in [5, 5.41) is 9.48. The third kappa shape index (κ3) is 2.19. The average Bonchev–Trinajstić information content (AvgIpc) is 3.26. The summed E-state index contributed by atoms with van der Waals surface area (Å²) < 4.78 is 0. The van der Waals surface area contributed by atoms with Gasteiger partial charge in [0.2, 0.25) is 5.91 Å². The number of carbonyl (C=O) groups excluding carboxylic acids is 1. The second-order valence-corrected chi connectivity index (χ2v) is 5.84. The van der Waals surface area contributed by atoms with Gasteiger partial charge in [0.1, 0.15) is 0 Å². The van der Waals surface area contributed by atoms with Crippen LogP contribution in [0.1, 0.15) is 48.8 Å². The molecule has 4 nitrogen and oxygen atoms in total. The summed E-state index contributed by atoms with van der Waals surface area (Å²) in [6.07, 6.45) is 3.09. The molecule has 1 aliphatic heterocycles. The van der Waals surface area contributed by atoms with Crippen LogP contribution in [0.5, 0.6) is 0 Å². The van der Waals surface area contributed by atoms with Gasteiger partial charge >= 0.3 is 5.97 Å². The fraction of sp³-hybridized carbons (Fsp3) is 0.500. The highest BCUT2D eigenvalue weighted by atomic mass is 16.4. The molecule has 0 spiro atoms. The molecule has 0 aromatic heterocycles. The van der Waals surface area contributed by atoms with E-state index >= 15 is 0 Å². The molecule has 1 amide bonds. The van der Waals surface area contributed by atoms with Crippen LogP contribution in [0.4, 0.5) is 0 Å². The molecule has 1 saturated carbocycles. The molecule has 2 aliphatic rings. The zero-order chi connectivity index (χ0) is 14.3. The Hall–Kier alpha value is -1.84. The summed E-state index contributed by atoms with van der Waals surface area (Å²) in [5.41, 5.74) is 2.25. The van der Waals surface area contributed by atoms with E-state index in [0.717, 1.165) is 5.56 Å². The first-order valence-corrected chi connectivity index (χ1v) is 7.17. The highest BCUT2D eigenvalue weighted by Gasteiger charge is 2.41. The van der Waals surface area contributed by atoms with Crippen molar-refractivity contribution in [3.63, 3.8) is 0 Å². The van der Waals surface area contributed by atoms with Crippen molar-refractivity contribution in [3.05, 3.63) is 35.4 Å². The molecule has 20 heavy (non-hydrogen) atoms. The van der Waals surface area contributed by atoms with E-state index in [2.05, 4.69) is 6.07 Å². The van der Waals surface area contributed by atoms with Gasteiger partial charge in [-0.1, -0.05) is 24.3 Å². The summed E-state index contributed by atoms with van der Waals surface area (Å²) in [5.74, 6) is -0.721. The molecule has 3 rings (SSSR count). The zero-order valence-electron chi connectivity index (χ0n) is 11.6. The number of amides is 1. The van der Waals surface area contributed by atoms with Gasteiger partial charge in [0, 0.05) is 13.5 Å². The van der Waals surface area contributed by atoms with Gasteiger partial charge in [0.05, 0.1) is 12.0 Å². The number of aliphatic carboxylic acids is 1. The smallest absolute Gasteiger partial charge is 0.308 e. The first-order valence-electron chi connectivity index (χ1n) is 7.17. The Balaban J connectivity index is 2.03. The molecule has 1 heterocycles. The number of carboxylic acids is 1. The van der Waals surface area contributed by atoms with Gasteiger partial charge in [-0.15, -0.1) is 0 Å². The van der Waals surface area contributed by atoms with Gasteiger partial charge in [0.25, 0.3) is 0 Å². The van der Waals surface area contributed by atoms with Gasteiger partial charge in [-0.2, -0.15) is 0 Å². The number of nitrogens with zero attached hydrogens (tertiary/aromatic N) is 1. The van der Waals surface area contributed by atoms with Crippen molar-refractivity contribution in [1.82, 2.24) is 4.90 Å². The maximum absolute atomic E-state index is 12.0. The number of benzene rings is 1. The SMILES string of the molecule is CN1C(=O)CCC(C(=O)O)C1c1ccccc1C1CC1. The number of hydrogen-bond donors (Lipinski definition) is 1. The average molecular weight is 273 g/mol. The lowest BCUT2D eigenvalue weighted by Crippen LogP contribution is -2.43. The van der Waals surface area contributed by atoms with E-state index in [-0.39, 0.29) is 11.9 Å². The van der Waals surface area contributed by atoms with Crippen LogP contribution < -0.4 is 0 Å². The monoisotopic (exact) mass is 273 g/mol. The van der Waals surface area contributed by atoms with E-state index in [1.807, 2.05) is 18.2 Å². The molecule has 106 valence electrons. The molecular formula is C16H19NO3. The van der Waals surface area contributed by atoms with Crippen LogP contribution in [0, 0.1) is 5.92 Å². The molecule has 0 bridgehead atoms. The van der Waals surface area contributed by atoms with Crippen molar-refractivity contribution in [2.24, 2.45) is 5.92 Å². The Morgan fingerprint density at radius 2 is 1.85 bits per heavy atom. The lowest BCUT2D eigenvalue weighted by molar-refractivity contribution is -0.150. The van der Waals surface area contributed by atoms with Gasteiger partial charge in [-0.25, -0.2) is 0 Å². The second-order valence-electron chi connectivity index (χ2n) is 5.84. The van der Waals surface area contributed by atoms with Crippen molar-refractivity contribution >= 4 is 11.9 Å². The van der Waals surface area contributed by atoms with Crippen LogP contribution in [0.3, 0.4) is 0 Å². The molecule has 1 aliphatic carbocycles. The molecule has 2 unspecified atom stereocenters. The van der Waals surface area contributed by atoms with Crippen LogP contribution in [-0.4, -0.2) is 28.9 Å². The molecule has 4 heteroatoms. The second kappa shape index (κ2) is 4.93. The Kier molecular flexibility index (Phi) is 3.24. The standard InChI is InChI=1S/C16H19NO3/c1-17-14(18)9-8-13(16(19)20)15(17)12-5-3-2-4-11(12)10-6-7-10/h2-5,10,13,15H,6-9H2,1H3,(H,19,20). The van der Waals surface area contributed by atoms with E-state index in [0.29, 0.717) is 18.8 Å². The molecule has 1 saturated heterocycles. The summed E-state index contributed by atoms with van der Waals surface area (Å²) in [4.78, 5) is 25.2. The Bertz CT molecular complexity index is 550. The first-order chi connectivity index (χ1) is 9.59. The number of carboxylic acid groups (broad SMARTS) is 1. The highest BCUT2D eigenvalue weighted by molar-refractivity contribution is 5.81. The number of piperidine rings is 1. The van der Waals surface area contributed by atoms with E-state index in [9.17, 15) is 14.7 Å². The molecular weight excluding hydrogens is 254 g/mol. The lowest BCUT2D eigenvalue weighted by atomic mass is 9.82. The van der Waals surface area contributed by atoms with Crippen molar-refractivity contribution in [1.29, 1.82) is 0 Å². The Morgan fingerprint density at radius 3 is 2.45 bits per heavy atom. The maximum Gasteiger partial charge on any atom is 0.308 e. The van der Waals surface area contributed by atoms with Crippen LogP contribution in [0.2, 0.25) is 0 Å². The van der Waals surface area contributed by atoms with Crippen molar-refractivity contribution in [2.45, 2.75) is 37.6 Å². The Labute approximate surface area is 118 Å². The van der Waals surface area contributed by atoms with E-state index in [4.69, 9.17) is 0 Å². The third-order valence-electron chi connectivity index (χ3n) is 4.51. The largest absolute Gasteiger partial charge is 0.481 e. The predicted molar refractivity (Wildman–Crippen MR) is 74.3 cm³/mol. The third-order valence-corrected chi connectivity index (χ3v) is 4.51. The predicted octanol–water partition coefficient (Wildman–Crippen LogP) is 2.56. The van der Waals surface area contributed by atoms with Crippen LogP contribution in [-0.2, 0) is 9.59 Å². The maximum atomic E-state index is 12.0. The molecule has 2 atom stereocenters.